The largest absolute Gasteiger partial charge is 0.391 e. The molecule has 1 aliphatic rings. The Labute approximate surface area is 191 Å². The lowest BCUT2D eigenvalue weighted by atomic mass is 10.0. The summed E-state index contributed by atoms with van der Waals surface area (Å²) in [6.07, 6.45) is -0.465. The fourth-order valence-corrected chi connectivity index (χ4v) is 5.05. The van der Waals surface area contributed by atoms with Crippen LogP contribution in [0.3, 0.4) is 0 Å². The third-order valence-electron chi connectivity index (χ3n) is 5.97. The van der Waals surface area contributed by atoms with Crippen molar-refractivity contribution in [1.82, 2.24) is 15.2 Å². The van der Waals surface area contributed by atoms with Gasteiger partial charge in [-0.15, -0.1) is 11.3 Å². The summed E-state index contributed by atoms with van der Waals surface area (Å²) in [7, 11) is 0. The fourth-order valence-electron chi connectivity index (χ4n) is 4.24. The third kappa shape index (κ3) is 4.45. The summed E-state index contributed by atoms with van der Waals surface area (Å²) in [5, 5.41) is 13.1. The number of likely N-dealkylation sites (tertiary alicyclic amines) is 1. The van der Waals surface area contributed by atoms with Gasteiger partial charge in [0.1, 0.15) is 6.04 Å². The molecule has 2 heterocycles. The molecule has 3 aromatic rings. The summed E-state index contributed by atoms with van der Waals surface area (Å²) in [6, 6.07) is 13.0. The maximum atomic E-state index is 13.2. The number of aryl methyl sites for hydroxylation is 3. The van der Waals surface area contributed by atoms with Crippen LogP contribution in [0.1, 0.15) is 39.2 Å². The third-order valence-corrected chi connectivity index (χ3v) is 6.94. The number of carbonyl (C=O) groups excluding carboxylic acids is 2. The highest BCUT2D eigenvalue weighted by molar-refractivity contribution is 7.13. The van der Waals surface area contributed by atoms with Gasteiger partial charge in [-0.3, -0.25) is 9.59 Å². The first-order chi connectivity index (χ1) is 15.3. The normalized spacial score (nSPS) is 18.1. The smallest absolute Gasteiger partial charge is 0.255 e. The number of thiazole rings is 1. The molecule has 1 aliphatic heterocycles. The van der Waals surface area contributed by atoms with Crippen molar-refractivity contribution >= 4 is 23.2 Å². The molecule has 0 radical (unpaired) electrons. The molecule has 0 spiro atoms. The molecule has 2 amide bonds. The number of aliphatic hydroxyl groups is 1. The molecule has 1 saturated heterocycles. The van der Waals surface area contributed by atoms with Crippen molar-refractivity contribution in [2.75, 3.05) is 6.54 Å². The van der Waals surface area contributed by atoms with Gasteiger partial charge in [-0.2, -0.15) is 0 Å². The molecule has 2 atom stereocenters. The number of hydrogen-bond acceptors (Lipinski definition) is 5. The molecule has 2 aromatic carbocycles. The Morgan fingerprint density at radius 3 is 2.44 bits per heavy atom. The van der Waals surface area contributed by atoms with E-state index in [1.807, 2.05) is 68.7 Å². The molecule has 6 nitrogen and oxygen atoms in total. The number of nitrogens with zero attached hydrogens (tertiary/aromatic N) is 2. The molecule has 32 heavy (non-hydrogen) atoms. The van der Waals surface area contributed by atoms with Crippen LogP contribution in [0.25, 0.3) is 10.4 Å². The maximum absolute atomic E-state index is 13.2. The second kappa shape index (κ2) is 9.22. The highest BCUT2D eigenvalue weighted by Crippen LogP contribution is 2.27. The van der Waals surface area contributed by atoms with E-state index >= 15 is 0 Å². The average Bonchev–Trinajstić information content (AvgIpc) is 3.37. The summed E-state index contributed by atoms with van der Waals surface area (Å²) in [6.45, 7) is 6.28. The van der Waals surface area contributed by atoms with Gasteiger partial charge in [0, 0.05) is 25.1 Å². The van der Waals surface area contributed by atoms with Gasteiger partial charge in [0.2, 0.25) is 5.91 Å². The Morgan fingerprint density at radius 2 is 1.81 bits per heavy atom. The first kappa shape index (κ1) is 22.2. The highest BCUT2D eigenvalue weighted by Gasteiger charge is 2.39. The number of benzene rings is 2. The number of amides is 2. The number of aromatic nitrogens is 1. The first-order valence-corrected chi connectivity index (χ1v) is 11.6. The molecule has 0 aliphatic carbocycles. The number of carbonyl (C=O) groups is 2. The number of β-amino-alcohol motifs (C(OH)–C–C–N with tert-alkyl or cyclic N) is 1. The van der Waals surface area contributed by atoms with E-state index in [-0.39, 0.29) is 24.8 Å². The minimum Gasteiger partial charge on any atom is -0.391 e. The van der Waals surface area contributed by atoms with Crippen LogP contribution in [0.2, 0.25) is 0 Å². The zero-order valence-corrected chi connectivity index (χ0v) is 19.3. The van der Waals surface area contributed by atoms with Crippen LogP contribution in [-0.2, 0) is 11.3 Å². The summed E-state index contributed by atoms with van der Waals surface area (Å²) >= 11 is 1.60. The Morgan fingerprint density at radius 1 is 1.12 bits per heavy atom. The van der Waals surface area contributed by atoms with Gasteiger partial charge in [-0.1, -0.05) is 42.5 Å². The van der Waals surface area contributed by atoms with E-state index in [2.05, 4.69) is 10.3 Å². The number of aliphatic hydroxyl groups excluding tert-OH is 1. The van der Waals surface area contributed by atoms with Gasteiger partial charge in [-0.05, 0) is 43.0 Å². The zero-order chi connectivity index (χ0) is 22.8. The van der Waals surface area contributed by atoms with Crippen molar-refractivity contribution < 1.29 is 14.7 Å². The number of nitrogens with one attached hydrogen (secondary N) is 1. The molecule has 0 saturated carbocycles. The fraction of sp³-hybridized carbons (Fsp3) is 0.320. The van der Waals surface area contributed by atoms with E-state index in [0.29, 0.717) is 12.1 Å². The Bertz CT molecular complexity index is 1120. The lowest BCUT2D eigenvalue weighted by Gasteiger charge is -2.25. The lowest BCUT2D eigenvalue weighted by Crippen LogP contribution is -2.46. The Hall–Kier alpha value is -3.03. The predicted octanol–water partition coefficient (Wildman–Crippen LogP) is 3.63. The molecule has 166 valence electrons. The van der Waals surface area contributed by atoms with Crippen molar-refractivity contribution in [3.05, 3.63) is 75.9 Å². The molecular formula is C25H27N3O3S. The minimum absolute atomic E-state index is 0.160. The maximum Gasteiger partial charge on any atom is 0.255 e. The van der Waals surface area contributed by atoms with E-state index in [1.165, 1.54) is 4.90 Å². The van der Waals surface area contributed by atoms with Gasteiger partial charge >= 0.3 is 0 Å². The molecule has 0 bridgehead atoms. The minimum atomic E-state index is -0.707. The van der Waals surface area contributed by atoms with Crippen LogP contribution in [0.15, 0.2) is 48.0 Å². The van der Waals surface area contributed by atoms with E-state index in [4.69, 9.17) is 0 Å². The van der Waals surface area contributed by atoms with Gasteiger partial charge < -0.3 is 15.3 Å². The van der Waals surface area contributed by atoms with Gasteiger partial charge in [0.15, 0.2) is 0 Å². The van der Waals surface area contributed by atoms with Crippen LogP contribution in [0.5, 0.6) is 0 Å². The molecular weight excluding hydrogens is 422 g/mol. The second-order valence-corrected chi connectivity index (χ2v) is 9.17. The van der Waals surface area contributed by atoms with Gasteiger partial charge in [-0.25, -0.2) is 4.98 Å². The van der Waals surface area contributed by atoms with E-state index in [1.54, 1.807) is 11.3 Å². The monoisotopic (exact) mass is 449 g/mol. The van der Waals surface area contributed by atoms with Gasteiger partial charge in [0.25, 0.3) is 5.91 Å². The Kier molecular flexibility index (Phi) is 6.39. The summed E-state index contributed by atoms with van der Waals surface area (Å²) in [5.74, 6) is -0.454. The highest BCUT2D eigenvalue weighted by atomic mass is 32.1. The quantitative estimate of drug-likeness (QED) is 0.623. The summed E-state index contributed by atoms with van der Waals surface area (Å²) in [4.78, 5) is 33.1. The molecule has 2 N–H and O–H groups in total. The molecule has 0 unspecified atom stereocenters. The van der Waals surface area contributed by atoms with E-state index < -0.39 is 12.1 Å². The summed E-state index contributed by atoms with van der Waals surface area (Å²) in [5.41, 5.74) is 7.25. The molecule has 1 fully saturated rings. The molecule has 7 heteroatoms. The Balaban J connectivity index is 1.44. The van der Waals surface area contributed by atoms with Crippen LogP contribution < -0.4 is 5.32 Å². The molecule has 1 aromatic heterocycles. The lowest BCUT2D eigenvalue weighted by molar-refractivity contribution is -0.125. The number of rotatable bonds is 5. The van der Waals surface area contributed by atoms with Crippen LogP contribution in [0, 0.1) is 20.8 Å². The van der Waals surface area contributed by atoms with Crippen molar-refractivity contribution in [3.63, 3.8) is 0 Å². The van der Waals surface area contributed by atoms with Gasteiger partial charge in [0.05, 0.1) is 22.2 Å². The van der Waals surface area contributed by atoms with Crippen molar-refractivity contribution in [3.8, 4) is 10.4 Å². The van der Waals surface area contributed by atoms with Crippen LogP contribution in [-0.4, -0.2) is 45.5 Å². The zero-order valence-electron chi connectivity index (χ0n) is 18.5. The predicted molar refractivity (Wildman–Crippen MR) is 125 cm³/mol. The van der Waals surface area contributed by atoms with Crippen molar-refractivity contribution in [2.24, 2.45) is 0 Å². The first-order valence-electron chi connectivity index (χ1n) is 10.7. The van der Waals surface area contributed by atoms with E-state index in [0.717, 1.165) is 32.8 Å². The average molecular weight is 450 g/mol. The van der Waals surface area contributed by atoms with Crippen molar-refractivity contribution in [1.29, 1.82) is 0 Å². The van der Waals surface area contributed by atoms with Crippen molar-refractivity contribution in [2.45, 2.75) is 45.9 Å². The number of hydrogen-bond donors (Lipinski definition) is 2. The topological polar surface area (TPSA) is 82.5 Å². The van der Waals surface area contributed by atoms with Crippen LogP contribution >= 0.6 is 11.3 Å². The standard InChI is InChI=1S/C25H27N3O3S/c1-15-5-4-6-16(2)22(15)25(31)28-13-20(29)11-21(28)24(30)26-12-18-7-9-19(10-8-18)23-17(3)27-14-32-23/h4-10,14,20-21,29H,11-13H2,1-3H3,(H,26,30)/t20-,21+/m1/s1. The van der Waals surface area contributed by atoms with E-state index in [9.17, 15) is 14.7 Å². The summed E-state index contributed by atoms with van der Waals surface area (Å²) < 4.78 is 0. The molecule has 4 rings (SSSR count). The SMILES string of the molecule is Cc1cccc(C)c1C(=O)N1C[C@H](O)C[C@H]1C(=O)NCc1ccc(-c2scnc2C)cc1. The van der Waals surface area contributed by atoms with Crippen LogP contribution in [0.4, 0.5) is 0 Å². The second-order valence-electron chi connectivity index (χ2n) is 8.31.